The highest BCUT2D eigenvalue weighted by Crippen LogP contribution is 2.11. The van der Waals surface area contributed by atoms with Gasteiger partial charge in [0, 0.05) is 26.3 Å². The first-order valence-corrected chi connectivity index (χ1v) is 5.58. The minimum atomic E-state index is 0.822. The number of hydrogen-bond acceptors (Lipinski definition) is 3. The number of aryl methyl sites for hydroxylation is 1. The number of rotatable bonds is 5. The fourth-order valence-electron chi connectivity index (χ4n) is 1.63. The predicted molar refractivity (Wildman–Crippen MR) is 66.7 cm³/mol. The summed E-state index contributed by atoms with van der Waals surface area (Å²) in [6.45, 7) is 1.66. The van der Waals surface area contributed by atoms with Gasteiger partial charge < -0.3 is 14.6 Å². The van der Waals surface area contributed by atoms with Gasteiger partial charge in [-0.25, -0.2) is 4.98 Å². The molecule has 0 amide bonds. The number of ether oxygens (including phenoxy) is 1. The Bertz CT molecular complexity index is 462. The van der Waals surface area contributed by atoms with Crippen molar-refractivity contribution in [3.8, 4) is 5.75 Å². The fourth-order valence-corrected chi connectivity index (χ4v) is 1.63. The van der Waals surface area contributed by atoms with Gasteiger partial charge in [0.1, 0.15) is 5.75 Å². The van der Waals surface area contributed by atoms with Crippen LogP contribution in [0.2, 0.25) is 0 Å². The molecule has 1 N–H and O–H groups in total. The van der Waals surface area contributed by atoms with Crippen LogP contribution in [-0.2, 0) is 20.1 Å². The largest absolute Gasteiger partial charge is 0.497 e. The van der Waals surface area contributed by atoms with E-state index < -0.39 is 0 Å². The quantitative estimate of drug-likeness (QED) is 0.851. The van der Waals surface area contributed by atoms with E-state index in [1.807, 2.05) is 36.3 Å². The molecule has 2 aromatic rings. The average molecular weight is 231 g/mol. The van der Waals surface area contributed by atoms with E-state index in [9.17, 15) is 0 Å². The Morgan fingerprint density at radius 2 is 2.00 bits per heavy atom. The van der Waals surface area contributed by atoms with Crippen LogP contribution < -0.4 is 10.1 Å². The maximum atomic E-state index is 5.12. The van der Waals surface area contributed by atoms with E-state index in [1.165, 1.54) is 11.3 Å². The molecule has 0 radical (unpaired) electrons. The van der Waals surface area contributed by atoms with Crippen molar-refractivity contribution in [2.75, 3.05) is 7.11 Å². The lowest BCUT2D eigenvalue weighted by Gasteiger charge is -2.06. The summed E-state index contributed by atoms with van der Waals surface area (Å²) in [4.78, 5) is 4.08. The van der Waals surface area contributed by atoms with E-state index >= 15 is 0 Å². The second-order valence-electron chi connectivity index (χ2n) is 3.95. The van der Waals surface area contributed by atoms with Crippen LogP contribution in [0.15, 0.2) is 36.8 Å². The highest BCUT2D eigenvalue weighted by Gasteiger charge is 1.98. The number of methoxy groups -OCH3 is 1. The molecule has 0 saturated heterocycles. The lowest BCUT2D eigenvalue weighted by Crippen LogP contribution is -2.14. The van der Waals surface area contributed by atoms with E-state index in [4.69, 9.17) is 4.74 Å². The van der Waals surface area contributed by atoms with Gasteiger partial charge in [-0.15, -0.1) is 0 Å². The molecule has 0 aliphatic rings. The Kier molecular flexibility index (Phi) is 3.77. The third-order valence-corrected chi connectivity index (χ3v) is 2.71. The first kappa shape index (κ1) is 11.7. The van der Waals surface area contributed by atoms with E-state index in [1.54, 1.807) is 7.11 Å². The average Bonchev–Trinajstić information content (AvgIpc) is 2.76. The van der Waals surface area contributed by atoms with Gasteiger partial charge >= 0.3 is 0 Å². The SMILES string of the molecule is COc1ccc(CNCc2cncn2C)cc1. The summed E-state index contributed by atoms with van der Waals surface area (Å²) < 4.78 is 7.13. The van der Waals surface area contributed by atoms with Crippen molar-refractivity contribution in [3.05, 3.63) is 48.0 Å². The molecule has 0 bridgehead atoms. The van der Waals surface area contributed by atoms with Crippen molar-refractivity contribution in [2.24, 2.45) is 7.05 Å². The second kappa shape index (κ2) is 5.50. The number of aromatic nitrogens is 2. The molecule has 0 aliphatic carbocycles. The molecule has 4 heteroatoms. The van der Waals surface area contributed by atoms with Gasteiger partial charge in [-0.3, -0.25) is 0 Å². The van der Waals surface area contributed by atoms with Crippen LogP contribution in [0.3, 0.4) is 0 Å². The predicted octanol–water partition coefficient (Wildman–Crippen LogP) is 1.72. The first-order valence-electron chi connectivity index (χ1n) is 5.58. The van der Waals surface area contributed by atoms with Crippen LogP contribution in [0.4, 0.5) is 0 Å². The van der Waals surface area contributed by atoms with Gasteiger partial charge in [-0.2, -0.15) is 0 Å². The summed E-state index contributed by atoms with van der Waals surface area (Å²) in [6.07, 6.45) is 3.69. The Morgan fingerprint density at radius 3 is 2.59 bits per heavy atom. The maximum absolute atomic E-state index is 5.12. The van der Waals surface area contributed by atoms with Gasteiger partial charge in [0.05, 0.1) is 19.1 Å². The highest BCUT2D eigenvalue weighted by atomic mass is 16.5. The van der Waals surface area contributed by atoms with Crippen LogP contribution in [0.1, 0.15) is 11.3 Å². The van der Waals surface area contributed by atoms with E-state index in [-0.39, 0.29) is 0 Å². The Labute approximate surface area is 101 Å². The van der Waals surface area contributed by atoms with Crippen molar-refractivity contribution < 1.29 is 4.74 Å². The molecule has 0 fully saturated rings. The van der Waals surface area contributed by atoms with Crippen molar-refractivity contribution >= 4 is 0 Å². The number of imidazole rings is 1. The smallest absolute Gasteiger partial charge is 0.118 e. The van der Waals surface area contributed by atoms with Crippen molar-refractivity contribution in [3.63, 3.8) is 0 Å². The Morgan fingerprint density at radius 1 is 1.24 bits per heavy atom. The topological polar surface area (TPSA) is 39.1 Å². The minimum absolute atomic E-state index is 0.822. The third-order valence-electron chi connectivity index (χ3n) is 2.71. The van der Waals surface area contributed by atoms with Gasteiger partial charge in [-0.1, -0.05) is 12.1 Å². The van der Waals surface area contributed by atoms with Gasteiger partial charge in [0.15, 0.2) is 0 Å². The maximum Gasteiger partial charge on any atom is 0.118 e. The van der Waals surface area contributed by atoms with Crippen molar-refractivity contribution in [1.29, 1.82) is 0 Å². The summed E-state index contributed by atoms with van der Waals surface area (Å²) in [6, 6.07) is 8.08. The summed E-state index contributed by atoms with van der Waals surface area (Å²) >= 11 is 0. The molecule has 90 valence electrons. The molecule has 1 aromatic heterocycles. The molecule has 17 heavy (non-hydrogen) atoms. The monoisotopic (exact) mass is 231 g/mol. The van der Waals surface area contributed by atoms with Crippen LogP contribution in [0.5, 0.6) is 5.75 Å². The van der Waals surface area contributed by atoms with Crippen LogP contribution in [0.25, 0.3) is 0 Å². The highest BCUT2D eigenvalue weighted by molar-refractivity contribution is 5.27. The van der Waals surface area contributed by atoms with Crippen molar-refractivity contribution in [2.45, 2.75) is 13.1 Å². The standard InChI is InChI=1S/C13H17N3O/c1-16-10-15-9-12(16)8-14-7-11-3-5-13(17-2)6-4-11/h3-6,9-10,14H,7-8H2,1-2H3. The van der Waals surface area contributed by atoms with Crippen LogP contribution >= 0.6 is 0 Å². The van der Waals surface area contributed by atoms with Gasteiger partial charge in [0.25, 0.3) is 0 Å². The zero-order valence-corrected chi connectivity index (χ0v) is 10.2. The molecule has 1 aromatic carbocycles. The molecular formula is C13H17N3O. The number of nitrogens with one attached hydrogen (secondary N) is 1. The third kappa shape index (κ3) is 3.07. The van der Waals surface area contributed by atoms with E-state index in [2.05, 4.69) is 22.4 Å². The summed E-state index contributed by atoms with van der Waals surface area (Å²) in [5.41, 5.74) is 2.42. The number of hydrogen-bond donors (Lipinski definition) is 1. The second-order valence-corrected chi connectivity index (χ2v) is 3.95. The molecule has 1 heterocycles. The zero-order chi connectivity index (χ0) is 12.1. The van der Waals surface area contributed by atoms with Gasteiger partial charge in [-0.05, 0) is 17.7 Å². The van der Waals surface area contributed by atoms with Crippen LogP contribution in [0, 0.1) is 0 Å². The summed E-state index contributed by atoms with van der Waals surface area (Å²) in [5.74, 6) is 0.889. The molecule has 0 aliphatic heterocycles. The molecule has 0 saturated carbocycles. The Balaban J connectivity index is 1.83. The summed E-state index contributed by atoms with van der Waals surface area (Å²) in [7, 11) is 3.67. The molecule has 0 unspecified atom stereocenters. The van der Waals surface area contributed by atoms with Crippen molar-refractivity contribution in [1.82, 2.24) is 14.9 Å². The Hall–Kier alpha value is -1.81. The fraction of sp³-hybridized carbons (Fsp3) is 0.308. The number of benzene rings is 1. The summed E-state index contributed by atoms with van der Waals surface area (Å²) in [5, 5.41) is 3.38. The van der Waals surface area contributed by atoms with E-state index in [0.29, 0.717) is 0 Å². The normalized spacial score (nSPS) is 10.5. The lowest BCUT2D eigenvalue weighted by atomic mass is 10.2. The molecule has 0 atom stereocenters. The van der Waals surface area contributed by atoms with E-state index in [0.717, 1.165) is 18.8 Å². The van der Waals surface area contributed by atoms with Gasteiger partial charge in [0.2, 0.25) is 0 Å². The van der Waals surface area contributed by atoms with Crippen LogP contribution in [-0.4, -0.2) is 16.7 Å². The minimum Gasteiger partial charge on any atom is -0.497 e. The lowest BCUT2D eigenvalue weighted by molar-refractivity contribution is 0.414. The molecule has 0 spiro atoms. The molecule has 2 rings (SSSR count). The molecule has 4 nitrogen and oxygen atoms in total. The molecular weight excluding hydrogens is 214 g/mol. The first-order chi connectivity index (χ1) is 8.29. The zero-order valence-electron chi connectivity index (χ0n) is 10.2. The number of nitrogens with zero attached hydrogens (tertiary/aromatic N) is 2.